The summed E-state index contributed by atoms with van der Waals surface area (Å²) in [4.78, 5) is 22.6. The Labute approximate surface area is 118 Å². The summed E-state index contributed by atoms with van der Waals surface area (Å²) < 4.78 is 5.52. The van der Waals surface area contributed by atoms with E-state index in [1.165, 1.54) is 0 Å². The van der Waals surface area contributed by atoms with Gasteiger partial charge in [0.2, 0.25) is 0 Å². The third-order valence-corrected chi connectivity index (χ3v) is 3.15. The van der Waals surface area contributed by atoms with E-state index in [-0.39, 0.29) is 13.0 Å². The number of aliphatic carboxylic acids is 1. The van der Waals surface area contributed by atoms with Crippen LogP contribution in [0.15, 0.2) is 22.7 Å². The van der Waals surface area contributed by atoms with E-state index < -0.39 is 17.9 Å². The molecule has 1 aromatic rings. The van der Waals surface area contributed by atoms with Gasteiger partial charge in [-0.1, -0.05) is 33.6 Å². The number of ether oxygens (including phenoxy) is 1. The van der Waals surface area contributed by atoms with Crippen molar-refractivity contribution in [3.8, 4) is 0 Å². The molecule has 1 atom stereocenters. The third kappa shape index (κ3) is 3.99. The number of carboxylic acids is 1. The molecule has 1 rings (SSSR count). The zero-order chi connectivity index (χ0) is 13.7. The standard InChI is InChI=1S/C12H12BrClO4/c1-2-18-12(17)9(11(15)16)5-7-3-4-8(13)6-10(7)14/h3-4,6,9H,2,5H2,1H3,(H,15,16). The molecule has 1 aromatic carbocycles. The number of esters is 1. The van der Waals surface area contributed by atoms with E-state index in [0.717, 1.165) is 4.47 Å². The second kappa shape index (κ2) is 6.75. The molecule has 6 heteroatoms. The summed E-state index contributed by atoms with van der Waals surface area (Å²) in [5.74, 6) is -3.19. The fraction of sp³-hybridized carbons (Fsp3) is 0.333. The minimum atomic E-state index is -1.23. The van der Waals surface area contributed by atoms with Gasteiger partial charge >= 0.3 is 11.9 Å². The molecule has 0 aliphatic rings. The molecule has 1 N–H and O–H groups in total. The lowest BCUT2D eigenvalue weighted by Crippen LogP contribution is -2.28. The summed E-state index contributed by atoms with van der Waals surface area (Å²) in [7, 11) is 0. The van der Waals surface area contributed by atoms with Crippen molar-refractivity contribution in [3.63, 3.8) is 0 Å². The van der Waals surface area contributed by atoms with Crippen molar-refractivity contribution in [1.82, 2.24) is 0 Å². The average Bonchev–Trinajstić information content (AvgIpc) is 2.27. The van der Waals surface area contributed by atoms with Gasteiger partial charge in [0.15, 0.2) is 5.92 Å². The van der Waals surface area contributed by atoms with Gasteiger partial charge in [0.25, 0.3) is 0 Å². The van der Waals surface area contributed by atoms with E-state index in [1.807, 2.05) is 0 Å². The highest BCUT2D eigenvalue weighted by Crippen LogP contribution is 2.24. The molecule has 98 valence electrons. The SMILES string of the molecule is CCOC(=O)C(Cc1ccc(Br)cc1Cl)C(=O)O. The Bertz CT molecular complexity index is 461. The van der Waals surface area contributed by atoms with Crippen LogP contribution in [-0.4, -0.2) is 23.7 Å². The quantitative estimate of drug-likeness (QED) is 0.664. The number of halogens is 2. The fourth-order valence-electron chi connectivity index (χ4n) is 1.42. The molecule has 0 aromatic heterocycles. The van der Waals surface area contributed by atoms with E-state index in [2.05, 4.69) is 15.9 Å². The van der Waals surface area contributed by atoms with Crippen LogP contribution in [0.1, 0.15) is 12.5 Å². The highest BCUT2D eigenvalue weighted by atomic mass is 79.9. The van der Waals surface area contributed by atoms with Gasteiger partial charge in [-0.05, 0) is 31.0 Å². The molecule has 0 saturated carbocycles. The molecule has 0 amide bonds. The van der Waals surface area contributed by atoms with Crippen LogP contribution in [-0.2, 0) is 20.7 Å². The Kier molecular flexibility index (Phi) is 5.62. The lowest BCUT2D eigenvalue weighted by atomic mass is 9.99. The van der Waals surface area contributed by atoms with Crippen molar-refractivity contribution in [3.05, 3.63) is 33.3 Å². The summed E-state index contributed by atoms with van der Waals surface area (Å²) in [6.45, 7) is 1.78. The number of carboxylic acid groups (broad SMARTS) is 1. The lowest BCUT2D eigenvalue weighted by Gasteiger charge is -2.12. The number of hydrogen-bond donors (Lipinski definition) is 1. The van der Waals surface area contributed by atoms with Gasteiger partial charge in [0.1, 0.15) is 0 Å². The first-order chi connectivity index (χ1) is 8.45. The Hall–Kier alpha value is -1.07. The van der Waals surface area contributed by atoms with Crippen molar-refractivity contribution in [2.75, 3.05) is 6.61 Å². The predicted molar refractivity (Wildman–Crippen MR) is 70.6 cm³/mol. The van der Waals surface area contributed by atoms with Crippen LogP contribution in [0, 0.1) is 5.92 Å². The van der Waals surface area contributed by atoms with Gasteiger partial charge in [0, 0.05) is 9.50 Å². The number of carbonyl (C=O) groups excluding carboxylic acids is 1. The van der Waals surface area contributed by atoms with Crippen LogP contribution >= 0.6 is 27.5 Å². The molecule has 0 radical (unpaired) electrons. The van der Waals surface area contributed by atoms with Crippen LogP contribution in [0.4, 0.5) is 0 Å². The number of rotatable bonds is 5. The van der Waals surface area contributed by atoms with Crippen molar-refractivity contribution in [2.24, 2.45) is 5.92 Å². The Morgan fingerprint density at radius 2 is 2.17 bits per heavy atom. The smallest absolute Gasteiger partial charge is 0.320 e. The molecule has 0 saturated heterocycles. The van der Waals surface area contributed by atoms with E-state index in [1.54, 1.807) is 25.1 Å². The molecular formula is C12H12BrClO4. The van der Waals surface area contributed by atoms with Gasteiger partial charge in [-0.3, -0.25) is 9.59 Å². The topological polar surface area (TPSA) is 63.6 Å². The van der Waals surface area contributed by atoms with Gasteiger partial charge in [-0.25, -0.2) is 0 Å². The molecule has 0 aliphatic heterocycles. The minimum Gasteiger partial charge on any atom is -0.481 e. The van der Waals surface area contributed by atoms with Crippen molar-refractivity contribution >= 4 is 39.5 Å². The number of benzene rings is 1. The van der Waals surface area contributed by atoms with Crippen LogP contribution < -0.4 is 0 Å². The largest absolute Gasteiger partial charge is 0.481 e. The second-order valence-corrected chi connectivity index (χ2v) is 4.91. The molecule has 0 bridgehead atoms. The maximum absolute atomic E-state index is 11.5. The first-order valence-electron chi connectivity index (χ1n) is 5.29. The van der Waals surface area contributed by atoms with Crippen LogP contribution in [0.25, 0.3) is 0 Å². The van der Waals surface area contributed by atoms with Gasteiger partial charge in [0.05, 0.1) is 6.61 Å². The molecule has 0 aliphatic carbocycles. The van der Waals surface area contributed by atoms with Crippen molar-refractivity contribution < 1.29 is 19.4 Å². The normalized spacial score (nSPS) is 11.9. The fourth-order valence-corrected chi connectivity index (χ4v) is 2.17. The monoisotopic (exact) mass is 334 g/mol. The zero-order valence-corrected chi connectivity index (χ0v) is 12.0. The zero-order valence-electron chi connectivity index (χ0n) is 9.65. The Morgan fingerprint density at radius 1 is 1.50 bits per heavy atom. The molecule has 0 fully saturated rings. The summed E-state index contributed by atoms with van der Waals surface area (Å²) in [5, 5.41) is 9.44. The molecule has 0 heterocycles. The highest BCUT2D eigenvalue weighted by molar-refractivity contribution is 9.10. The average molecular weight is 336 g/mol. The maximum atomic E-state index is 11.5. The van der Waals surface area contributed by atoms with E-state index in [4.69, 9.17) is 21.4 Å². The van der Waals surface area contributed by atoms with Crippen LogP contribution in [0.2, 0.25) is 5.02 Å². The number of hydrogen-bond acceptors (Lipinski definition) is 3. The summed E-state index contributed by atoms with van der Waals surface area (Å²) in [5.41, 5.74) is 0.598. The van der Waals surface area contributed by atoms with Crippen molar-refractivity contribution in [2.45, 2.75) is 13.3 Å². The molecule has 4 nitrogen and oxygen atoms in total. The van der Waals surface area contributed by atoms with Crippen molar-refractivity contribution in [1.29, 1.82) is 0 Å². The lowest BCUT2D eigenvalue weighted by molar-refractivity contribution is -0.158. The van der Waals surface area contributed by atoms with E-state index in [9.17, 15) is 9.59 Å². The number of carbonyl (C=O) groups is 2. The highest BCUT2D eigenvalue weighted by Gasteiger charge is 2.28. The van der Waals surface area contributed by atoms with E-state index >= 15 is 0 Å². The Balaban J connectivity index is 2.90. The molecule has 1 unspecified atom stereocenters. The minimum absolute atomic E-state index is 0.0142. The molecule has 18 heavy (non-hydrogen) atoms. The second-order valence-electron chi connectivity index (χ2n) is 3.58. The molecule has 0 spiro atoms. The summed E-state index contributed by atoms with van der Waals surface area (Å²) >= 11 is 9.24. The first kappa shape index (κ1) is 15.0. The predicted octanol–water partition coefficient (Wildman–Crippen LogP) is 2.91. The Morgan fingerprint density at radius 3 is 2.67 bits per heavy atom. The van der Waals surface area contributed by atoms with Crippen LogP contribution in [0.5, 0.6) is 0 Å². The molecular weight excluding hydrogens is 323 g/mol. The first-order valence-corrected chi connectivity index (χ1v) is 6.46. The summed E-state index contributed by atoms with van der Waals surface area (Å²) in [6.07, 6.45) is 0.0142. The van der Waals surface area contributed by atoms with Gasteiger partial charge in [-0.2, -0.15) is 0 Å². The van der Waals surface area contributed by atoms with Gasteiger partial charge < -0.3 is 9.84 Å². The van der Waals surface area contributed by atoms with E-state index in [0.29, 0.717) is 10.6 Å². The maximum Gasteiger partial charge on any atom is 0.320 e. The van der Waals surface area contributed by atoms with Crippen LogP contribution in [0.3, 0.4) is 0 Å². The van der Waals surface area contributed by atoms with Gasteiger partial charge in [-0.15, -0.1) is 0 Å². The summed E-state index contributed by atoms with van der Waals surface area (Å²) in [6, 6.07) is 5.08. The third-order valence-electron chi connectivity index (χ3n) is 2.31.